The van der Waals surface area contributed by atoms with Gasteiger partial charge in [0.05, 0.1) is 6.04 Å². The fourth-order valence-corrected chi connectivity index (χ4v) is 4.90. The van der Waals surface area contributed by atoms with Crippen molar-refractivity contribution >= 4 is 29.3 Å². The van der Waals surface area contributed by atoms with Gasteiger partial charge in [0, 0.05) is 11.3 Å². The first kappa shape index (κ1) is 23.4. The summed E-state index contributed by atoms with van der Waals surface area (Å²) in [5, 5.41) is 16.3. The second-order valence-corrected chi connectivity index (χ2v) is 8.93. The maximum atomic E-state index is 12.7. The first-order chi connectivity index (χ1) is 16.4. The number of benzene rings is 2. The van der Waals surface area contributed by atoms with E-state index in [1.54, 1.807) is 13.8 Å². The van der Waals surface area contributed by atoms with E-state index < -0.39 is 30.1 Å². The summed E-state index contributed by atoms with van der Waals surface area (Å²) >= 11 is 1.15. The lowest BCUT2D eigenvalue weighted by molar-refractivity contribution is -0.123. The van der Waals surface area contributed by atoms with Crippen molar-refractivity contribution in [1.82, 2.24) is 15.6 Å². The van der Waals surface area contributed by atoms with Crippen molar-refractivity contribution in [3.63, 3.8) is 0 Å². The standard InChI is InChI=1S/C25H25N3O5S/c1-3-20(22(29)26-14(2)23-27-21(13-34-23)24(30)31)28-25(32)33-12-19-17-10-6-4-8-15(17)16-9-5-7-11-18(16)19/h4-11,13-14,19-20H,3,12H2,1-2H3,(H,26,29)(H,28,32)(H,30,31)/t14?,20-/m0/s1. The number of carbonyl (C=O) groups is 3. The van der Waals surface area contributed by atoms with Crippen molar-refractivity contribution < 1.29 is 24.2 Å². The number of aromatic carboxylic acids is 1. The molecule has 0 saturated carbocycles. The number of nitrogens with one attached hydrogen (secondary N) is 2. The van der Waals surface area contributed by atoms with Crippen molar-refractivity contribution in [3.05, 3.63) is 75.7 Å². The predicted octanol–water partition coefficient (Wildman–Crippen LogP) is 4.34. The van der Waals surface area contributed by atoms with Crippen molar-refractivity contribution in [2.24, 2.45) is 0 Å². The highest BCUT2D eigenvalue weighted by molar-refractivity contribution is 7.09. The molecule has 2 amide bonds. The van der Waals surface area contributed by atoms with E-state index in [4.69, 9.17) is 9.84 Å². The fourth-order valence-electron chi connectivity index (χ4n) is 4.10. The van der Waals surface area contributed by atoms with E-state index in [-0.39, 0.29) is 18.2 Å². The summed E-state index contributed by atoms with van der Waals surface area (Å²) in [4.78, 5) is 40.3. The normalized spacial score (nSPS) is 13.9. The van der Waals surface area contributed by atoms with Gasteiger partial charge in [-0.25, -0.2) is 14.6 Å². The number of thiazole rings is 1. The zero-order chi connectivity index (χ0) is 24.2. The molecule has 9 heteroatoms. The zero-order valence-corrected chi connectivity index (χ0v) is 19.6. The number of carboxylic acids is 1. The zero-order valence-electron chi connectivity index (χ0n) is 18.8. The summed E-state index contributed by atoms with van der Waals surface area (Å²) in [6.45, 7) is 3.65. The van der Waals surface area contributed by atoms with Gasteiger partial charge in [0.2, 0.25) is 5.91 Å². The Hall–Kier alpha value is -3.72. The molecule has 0 spiro atoms. The molecule has 2 atom stereocenters. The number of hydrogen-bond donors (Lipinski definition) is 3. The molecular weight excluding hydrogens is 454 g/mol. The van der Waals surface area contributed by atoms with E-state index in [2.05, 4.69) is 27.8 Å². The smallest absolute Gasteiger partial charge is 0.407 e. The Morgan fingerprint density at radius 1 is 1.06 bits per heavy atom. The molecule has 1 heterocycles. The van der Waals surface area contributed by atoms with Crippen LogP contribution in [0.2, 0.25) is 0 Å². The number of fused-ring (bicyclic) bond motifs is 3. The Balaban J connectivity index is 1.35. The van der Waals surface area contributed by atoms with Gasteiger partial charge in [-0.2, -0.15) is 0 Å². The number of rotatable bonds is 8. The molecule has 1 aromatic heterocycles. The molecule has 3 aromatic rings. The summed E-state index contributed by atoms with van der Waals surface area (Å²) in [5.74, 6) is -1.58. The van der Waals surface area contributed by atoms with Crippen LogP contribution < -0.4 is 10.6 Å². The van der Waals surface area contributed by atoms with Crippen LogP contribution in [0, 0.1) is 0 Å². The van der Waals surface area contributed by atoms with E-state index in [9.17, 15) is 14.4 Å². The van der Waals surface area contributed by atoms with E-state index in [1.807, 2.05) is 36.4 Å². The van der Waals surface area contributed by atoms with Gasteiger partial charge in [-0.3, -0.25) is 4.79 Å². The van der Waals surface area contributed by atoms with Gasteiger partial charge in [0.1, 0.15) is 17.7 Å². The highest BCUT2D eigenvalue weighted by atomic mass is 32.1. The average molecular weight is 480 g/mol. The third-order valence-electron chi connectivity index (χ3n) is 5.83. The van der Waals surface area contributed by atoms with Gasteiger partial charge in [-0.1, -0.05) is 55.5 Å². The Morgan fingerprint density at radius 3 is 2.24 bits per heavy atom. The lowest BCUT2D eigenvalue weighted by Crippen LogP contribution is -2.47. The number of amides is 2. The average Bonchev–Trinajstić information content (AvgIpc) is 3.45. The van der Waals surface area contributed by atoms with Crippen LogP contribution in [0.3, 0.4) is 0 Å². The number of carboxylic acid groups (broad SMARTS) is 1. The summed E-state index contributed by atoms with van der Waals surface area (Å²) in [6.07, 6.45) is -0.306. The van der Waals surface area contributed by atoms with Crippen LogP contribution in [0.4, 0.5) is 4.79 Å². The molecule has 0 radical (unpaired) electrons. The highest BCUT2D eigenvalue weighted by Gasteiger charge is 2.30. The minimum Gasteiger partial charge on any atom is -0.476 e. The summed E-state index contributed by atoms with van der Waals surface area (Å²) in [6, 6.07) is 14.8. The molecule has 0 bridgehead atoms. The van der Waals surface area contributed by atoms with Crippen molar-refractivity contribution in [2.45, 2.75) is 38.3 Å². The van der Waals surface area contributed by atoms with Crippen LogP contribution in [-0.4, -0.2) is 40.7 Å². The number of ether oxygens (including phenoxy) is 1. The highest BCUT2D eigenvalue weighted by Crippen LogP contribution is 2.44. The van der Waals surface area contributed by atoms with E-state index >= 15 is 0 Å². The summed E-state index contributed by atoms with van der Waals surface area (Å²) in [5.41, 5.74) is 4.43. The van der Waals surface area contributed by atoms with E-state index in [0.29, 0.717) is 11.4 Å². The third-order valence-corrected chi connectivity index (χ3v) is 6.86. The predicted molar refractivity (Wildman–Crippen MR) is 128 cm³/mol. The molecule has 8 nitrogen and oxygen atoms in total. The fraction of sp³-hybridized carbons (Fsp3) is 0.280. The van der Waals surface area contributed by atoms with E-state index in [0.717, 1.165) is 33.6 Å². The van der Waals surface area contributed by atoms with E-state index in [1.165, 1.54) is 5.38 Å². The van der Waals surface area contributed by atoms with Gasteiger partial charge in [-0.05, 0) is 35.6 Å². The van der Waals surface area contributed by atoms with Gasteiger partial charge in [-0.15, -0.1) is 11.3 Å². The molecule has 3 N–H and O–H groups in total. The van der Waals surface area contributed by atoms with Gasteiger partial charge in [0.15, 0.2) is 5.69 Å². The number of carbonyl (C=O) groups excluding carboxylic acids is 2. The Morgan fingerprint density at radius 2 is 1.68 bits per heavy atom. The van der Waals surface area contributed by atoms with Gasteiger partial charge >= 0.3 is 12.1 Å². The van der Waals surface area contributed by atoms with Crippen molar-refractivity contribution in [1.29, 1.82) is 0 Å². The maximum Gasteiger partial charge on any atom is 0.407 e. The van der Waals surface area contributed by atoms with Crippen LogP contribution in [0.15, 0.2) is 53.9 Å². The minimum atomic E-state index is -1.12. The number of alkyl carbamates (subject to hydrolysis) is 1. The first-order valence-corrected chi connectivity index (χ1v) is 11.9. The van der Waals surface area contributed by atoms with Crippen LogP contribution in [-0.2, 0) is 9.53 Å². The maximum absolute atomic E-state index is 12.7. The first-order valence-electron chi connectivity index (χ1n) is 11.0. The van der Waals surface area contributed by atoms with Crippen LogP contribution in [0.1, 0.15) is 58.9 Å². The van der Waals surface area contributed by atoms with Crippen molar-refractivity contribution in [2.75, 3.05) is 6.61 Å². The monoisotopic (exact) mass is 479 g/mol. The second-order valence-electron chi connectivity index (χ2n) is 8.04. The van der Waals surface area contributed by atoms with Crippen LogP contribution in [0.25, 0.3) is 11.1 Å². The van der Waals surface area contributed by atoms with Crippen LogP contribution in [0.5, 0.6) is 0 Å². The number of nitrogens with zero attached hydrogens (tertiary/aromatic N) is 1. The Kier molecular flexibility index (Phi) is 6.93. The molecule has 2 aromatic carbocycles. The molecule has 1 aliphatic carbocycles. The largest absolute Gasteiger partial charge is 0.476 e. The second kappa shape index (κ2) is 10.0. The summed E-state index contributed by atoms with van der Waals surface area (Å²) < 4.78 is 5.54. The third kappa shape index (κ3) is 4.79. The quantitative estimate of drug-likeness (QED) is 0.443. The van der Waals surface area contributed by atoms with Gasteiger partial charge < -0.3 is 20.5 Å². The molecule has 0 aliphatic heterocycles. The molecule has 1 unspecified atom stereocenters. The van der Waals surface area contributed by atoms with Crippen molar-refractivity contribution in [3.8, 4) is 11.1 Å². The number of aromatic nitrogens is 1. The van der Waals surface area contributed by atoms with Gasteiger partial charge in [0.25, 0.3) is 0 Å². The molecule has 0 saturated heterocycles. The minimum absolute atomic E-state index is 0.0649. The lowest BCUT2D eigenvalue weighted by atomic mass is 9.98. The molecule has 34 heavy (non-hydrogen) atoms. The molecule has 4 rings (SSSR count). The molecular formula is C25H25N3O5S. The molecule has 0 fully saturated rings. The summed E-state index contributed by atoms with van der Waals surface area (Å²) in [7, 11) is 0. The van der Waals surface area contributed by atoms with Crippen LogP contribution >= 0.6 is 11.3 Å². The lowest BCUT2D eigenvalue weighted by Gasteiger charge is -2.20. The Labute approximate surface area is 201 Å². The molecule has 1 aliphatic rings. The molecule has 176 valence electrons. The Bertz CT molecular complexity index is 1180. The number of hydrogen-bond acceptors (Lipinski definition) is 6. The SMILES string of the molecule is CC[C@H](NC(=O)OCC1c2ccccc2-c2ccccc21)C(=O)NC(C)c1nc(C(=O)O)cs1. The topological polar surface area (TPSA) is 118 Å².